The smallest absolute Gasteiger partial charge is 0.225 e. The van der Waals surface area contributed by atoms with Crippen LogP contribution in [0.15, 0.2) is 54.9 Å². The molecule has 7 nitrogen and oxygen atoms in total. The van der Waals surface area contributed by atoms with Crippen molar-refractivity contribution in [3.05, 3.63) is 60.4 Å². The zero-order valence-electron chi connectivity index (χ0n) is 15.2. The molecular formula is C20H23N5O2. The molecule has 0 spiro atoms. The largest absolute Gasteiger partial charge is 0.497 e. The van der Waals surface area contributed by atoms with Gasteiger partial charge in [0.2, 0.25) is 5.95 Å². The fourth-order valence-corrected chi connectivity index (χ4v) is 2.54. The van der Waals surface area contributed by atoms with Gasteiger partial charge in [-0.25, -0.2) is 4.98 Å². The second-order valence-electron chi connectivity index (χ2n) is 5.91. The van der Waals surface area contributed by atoms with Gasteiger partial charge in [0.25, 0.3) is 0 Å². The molecule has 0 aliphatic carbocycles. The van der Waals surface area contributed by atoms with E-state index in [4.69, 9.17) is 9.84 Å². The fraction of sp³-hybridized carbons (Fsp3) is 0.250. The Morgan fingerprint density at radius 3 is 2.67 bits per heavy atom. The minimum Gasteiger partial charge on any atom is -0.497 e. The molecule has 3 N–H and O–H groups in total. The van der Waals surface area contributed by atoms with Crippen LogP contribution in [0.2, 0.25) is 0 Å². The molecule has 2 aromatic heterocycles. The number of benzene rings is 1. The van der Waals surface area contributed by atoms with Crippen LogP contribution in [0.5, 0.6) is 5.75 Å². The minimum absolute atomic E-state index is 0.123. The number of anilines is 2. The van der Waals surface area contributed by atoms with Crippen molar-refractivity contribution < 1.29 is 9.84 Å². The summed E-state index contributed by atoms with van der Waals surface area (Å²) < 4.78 is 5.27. The van der Waals surface area contributed by atoms with Crippen LogP contribution in [0.4, 0.5) is 11.8 Å². The Kier molecular flexibility index (Phi) is 6.54. The van der Waals surface area contributed by atoms with E-state index in [2.05, 4.69) is 25.6 Å². The van der Waals surface area contributed by atoms with Crippen LogP contribution < -0.4 is 15.4 Å². The summed E-state index contributed by atoms with van der Waals surface area (Å²) in [5, 5.41) is 15.5. The number of hydrogen-bond acceptors (Lipinski definition) is 7. The zero-order valence-corrected chi connectivity index (χ0v) is 15.2. The lowest BCUT2D eigenvalue weighted by molar-refractivity contribution is 0.292. The number of aliphatic hydroxyl groups is 1. The van der Waals surface area contributed by atoms with E-state index < -0.39 is 0 Å². The molecule has 2 heterocycles. The molecule has 0 amide bonds. The Hall–Kier alpha value is -3.19. The lowest BCUT2D eigenvalue weighted by Gasteiger charge is -2.12. The molecule has 0 saturated carbocycles. The van der Waals surface area contributed by atoms with Crippen LogP contribution in [-0.4, -0.2) is 40.3 Å². The summed E-state index contributed by atoms with van der Waals surface area (Å²) in [6.07, 6.45) is 4.11. The third-order valence-electron chi connectivity index (χ3n) is 3.93. The monoisotopic (exact) mass is 365 g/mol. The molecule has 0 atom stereocenters. The van der Waals surface area contributed by atoms with E-state index in [0.717, 1.165) is 22.6 Å². The predicted molar refractivity (Wildman–Crippen MR) is 106 cm³/mol. The molecule has 0 unspecified atom stereocenters. The van der Waals surface area contributed by atoms with E-state index in [1.165, 1.54) is 0 Å². The molecule has 3 aromatic rings. The highest BCUT2D eigenvalue weighted by molar-refractivity contribution is 5.63. The van der Waals surface area contributed by atoms with E-state index in [9.17, 15) is 0 Å². The molecule has 0 bridgehead atoms. The Morgan fingerprint density at radius 2 is 1.89 bits per heavy atom. The first-order valence-electron chi connectivity index (χ1n) is 8.79. The van der Waals surface area contributed by atoms with Crippen LogP contribution in [0.1, 0.15) is 12.0 Å². The molecule has 0 saturated heterocycles. The number of aromatic nitrogens is 3. The van der Waals surface area contributed by atoms with Gasteiger partial charge in [-0.05, 0) is 36.2 Å². The van der Waals surface area contributed by atoms with E-state index in [1.807, 2.05) is 42.5 Å². The number of hydrogen-bond donors (Lipinski definition) is 3. The van der Waals surface area contributed by atoms with Gasteiger partial charge in [-0.15, -0.1) is 0 Å². The number of nitrogens with zero attached hydrogens (tertiary/aromatic N) is 3. The van der Waals surface area contributed by atoms with Crippen LogP contribution in [0.3, 0.4) is 0 Å². The second kappa shape index (κ2) is 9.49. The van der Waals surface area contributed by atoms with E-state index in [1.54, 1.807) is 19.5 Å². The third kappa shape index (κ3) is 5.39. The quantitative estimate of drug-likeness (QED) is 0.502. The lowest BCUT2D eigenvalue weighted by Crippen LogP contribution is -2.10. The standard InChI is InChI=1S/C20H23N5O2/c1-27-17-5-2-4-15(12-17)14-23-19-13-18(16-6-9-21-10-7-16)24-20(25-19)22-8-3-11-26/h2,4-7,9-10,12-13,26H,3,8,11,14H2,1H3,(H2,22,23,24,25). The van der Waals surface area contributed by atoms with Crippen molar-refractivity contribution in [1.82, 2.24) is 15.0 Å². The molecule has 1 aromatic carbocycles. The van der Waals surface area contributed by atoms with Crippen molar-refractivity contribution in [3.63, 3.8) is 0 Å². The summed E-state index contributed by atoms with van der Waals surface area (Å²) in [4.78, 5) is 13.1. The Balaban J connectivity index is 1.80. The highest BCUT2D eigenvalue weighted by Crippen LogP contribution is 2.21. The second-order valence-corrected chi connectivity index (χ2v) is 5.91. The van der Waals surface area contributed by atoms with Crippen molar-refractivity contribution in [1.29, 1.82) is 0 Å². The number of methoxy groups -OCH3 is 1. The maximum atomic E-state index is 8.97. The normalized spacial score (nSPS) is 10.4. The Bertz CT molecular complexity index is 858. The minimum atomic E-state index is 0.123. The van der Waals surface area contributed by atoms with Gasteiger partial charge in [0, 0.05) is 43.7 Å². The SMILES string of the molecule is COc1cccc(CNc2cc(-c3ccncc3)nc(NCCCO)n2)c1. The molecule has 0 aliphatic heterocycles. The molecule has 0 fully saturated rings. The van der Waals surface area contributed by atoms with E-state index in [-0.39, 0.29) is 6.61 Å². The maximum Gasteiger partial charge on any atom is 0.225 e. The Labute approximate surface area is 158 Å². The molecule has 0 aliphatic rings. The number of rotatable bonds is 9. The summed E-state index contributed by atoms with van der Waals surface area (Å²) in [6, 6.07) is 13.6. The molecule has 0 radical (unpaired) electrons. The van der Waals surface area contributed by atoms with Crippen LogP contribution in [0.25, 0.3) is 11.3 Å². The summed E-state index contributed by atoms with van der Waals surface area (Å²) in [5.41, 5.74) is 2.85. The summed E-state index contributed by atoms with van der Waals surface area (Å²) in [5.74, 6) is 2.05. The summed E-state index contributed by atoms with van der Waals surface area (Å²) >= 11 is 0. The number of ether oxygens (including phenoxy) is 1. The van der Waals surface area contributed by atoms with E-state index >= 15 is 0 Å². The van der Waals surface area contributed by atoms with Crippen molar-refractivity contribution in [3.8, 4) is 17.0 Å². The van der Waals surface area contributed by atoms with Gasteiger partial charge in [0.05, 0.1) is 12.8 Å². The molecule has 3 rings (SSSR count). The number of nitrogens with one attached hydrogen (secondary N) is 2. The zero-order chi connectivity index (χ0) is 18.9. The third-order valence-corrected chi connectivity index (χ3v) is 3.93. The van der Waals surface area contributed by atoms with Crippen molar-refractivity contribution >= 4 is 11.8 Å². The van der Waals surface area contributed by atoms with Crippen LogP contribution in [0, 0.1) is 0 Å². The highest BCUT2D eigenvalue weighted by Gasteiger charge is 2.07. The van der Waals surface area contributed by atoms with Gasteiger partial charge in [0.15, 0.2) is 0 Å². The number of aliphatic hydroxyl groups excluding tert-OH is 1. The van der Waals surface area contributed by atoms with Gasteiger partial charge >= 0.3 is 0 Å². The average molecular weight is 365 g/mol. The predicted octanol–water partition coefficient (Wildman–Crippen LogP) is 2.95. The van der Waals surface area contributed by atoms with Crippen LogP contribution >= 0.6 is 0 Å². The van der Waals surface area contributed by atoms with Gasteiger partial charge in [-0.1, -0.05) is 12.1 Å². The first-order chi connectivity index (χ1) is 13.3. The first-order valence-corrected chi connectivity index (χ1v) is 8.79. The molecule has 140 valence electrons. The highest BCUT2D eigenvalue weighted by atomic mass is 16.5. The maximum absolute atomic E-state index is 8.97. The van der Waals surface area contributed by atoms with Crippen molar-refractivity contribution in [2.75, 3.05) is 30.9 Å². The van der Waals surface area contributed by atoms with Crippen LogP contribution in [-0.2, 0) is 6.54 Å². The van der Waals surface area contributed by atoms with Gasteiger partial charge < -0.3 is 20.5 Å². The first kappa shape index (κ1) is 18.6. The fourth-order valence-electron chi connectivity index (χ4n) is 2.54. The average Bonchev–Trinajstić information content (AvgIpc) is 2.73. The number of pyridine rings is 1. The molecular weight excluding hydrogens is 342 g/mol. The Morgan fingerprint density at radius 1 is 1.04 bits per heavy atom. The summed E-state index contributed by atoms with van der Waals surface area (Å²) in [6.45, 7) is 1.34. The van der Waals surface area contributed by atoms with Gasteiger partial charge in [0.1, 0.15) is 11.6 Å². The van der Waals surface area contributed by atoms with Gasteiger partial charge in [-0.2, -0.15) is 4.98 Å². The van der Waals surface area contributed by atoms with Crippen molar-refractivity contribution in [2.24, 2.45) is 0 Å². The molecule has 27 heavy (non-hydrogen) atoms. The van der Waals surface area contributed by atoms with E-state index in [0.29, 0.717) is 31.3 Å². The van der Waals surface area contributed by atoms with Gasteiger partial charge in [-0.3, -0.25) is 4.98 Å². The van der Waals surface area contributed by atoms with Crippen molar-refractivity contribution in [2.45, 2.75) is 13.0 Å². The topological polar surface area (TPSA) is 92.2 Å². The summed E-state index contributed by atoms with van der Waals surface area (Å²) in [7, 11) is 1.66. The molecule has 7 heteroatoms. The lowest BCUT2D eigenvalue weighted by atomic mass is 10.2.